The minimum atomic E-state index is -0.264. The van der Waals surface area contributed by atoms with Gasteiger partial charge in [0, 0.05) is 24.3 Å². The zero-order valence-corrected chi connectivity index (χ0v) is 16.3. The third kappa shape index (κ3) is 3.11. The summed E-state index contributed by atoms with van der Waals surface area (Å²) < 4.78 is 0. The number of anilines is 1. The summed E-state index contributed by atoms with van der Waals surface area (Å²) in [7, 11) is 1.71. The number of nitrogens with zero attached hydrogens (tertiary/aromatic N) is 2. The maximum Gasteiger partial charge on any atom is 0.261 e. The lowest BCUT2D eigenvalue weighted by molar-refractivity contribution is 0.0549. The van der Waals surface area contributed by atoms with Crippen LogP contribution in [0.25, 0.3) is 0 Å². The number of hydrogen-bond donors (Lipinski definition) is 0. The molecule has 0 aromatic heterocycles. The Morgan fingerprint density at radius 1 is 0.929 bits per heavy atom. The van der Waals surface area contributed by atoms with Gasteiger partial charge in [0.15, 0.2) is 0 Å². The summed E-state index contributed by atoms with van der Waals surface area (Å²) in [4.78, 5) is 41.6. The fourth-order valence-corrected chi connectivity index (χ4v) is 4.14. The number of fused-ring (bicyclic) bond motifs is 1. The van der Waals surface area contributed by atoms with Gasteiger partial charge >= 0.3 is 0 Å². The van der Waals surface area contributed by atoms with E-state index in [0.29, 0.717) is 16.7 Å². The van der Waals surface area contributed by atoms with Gasteiger partial charge in [0.25, 0.3) is 17.7 Å². The highest BCUT2D eigenvalue weighted by atomic mass is 16.2. The highest BCUT2D eigenvalue weighted by molar-refractivity contribution is 6.22. The van der Waals surface area contributed by atoms with Crippen molar-refractivity contribution in [1.29, 1.82) is 0 Å². The van der Waals surface area contributed by atoms with Crippen LogP contribution in [0.2, 0.25) is 0 Å². The summed E-state index contributed by atoms with van der Waals surface area (Å²) in [6, 6.07) is 12.5. The largest absolute Gasteiger partial charge is 0.311 e. The van der Waals surface area contributed by atoms with Gasteiger partial charge in [0.2, 0.25) is 0 Å². The Hall–Kier alpha value is -2.95. The summed E-state index contributed by atoms with van der Waals surface area (Å²) in [5, 5.41) is 0. The Morgan fingerprint density at radius 2 is 1.57 bits per heavy atom. The predicted octanol–water partition coefficient (Wildman–Crippen LogP) is 4.20. The van der Waals surface area contributed by atoms with Crippen molar-refractivity contribution in [2.24, 2.45) is 0 Å². The molecule has 0 bridgehead atoms. The Balaban J connectivity index is 1.60. The maximum absolute atomic E-state index is 12.9. The number of carbonyl (C=O) groups excluding carboxylic acids is 3. The van der Waals surface area contributed by atoms with Gasteiger partial charge in [-0.2, -0.15) is 0 Å². The first-order chi connectivity index (χ1) is 13.5. The summed E-state index contributed by atoms with van der Waals surface area (Å²) in [5.41, 5.74) is 3.06. The lowest BCUT2D eigenvalue weighted by atomic mass is 9.94. The number of amides is 3. The Labute approximate surface area is 164 Å². The molecule has 3 amide bonds. The van der Waals surface area contributed by atoms with Crippen molar-refractivity contribution in [3.63, 3.8) is 0 Å². The first-order valence-corrected chi connectivity index (χ1v) is 9.84. The van der Waals surface area contributed by atoms with E-state index < -0.39 is 0 Å². The number of aryl methyl sites for hydroxylation is 1. The monoisotopic (exact) mass is 376 g/mol. The smallest absolute Gasteiger partial charge is 0.261 e. The molecule has 0 unspecified atom stereocenters. The van der Waals surface area contributed by atoms with Crippen LogP contribution < -0.4 is 4.90 Å². The van der Waals surface area contributed by atoms with Crippen molar-refractivity contribution in [2.75, 3.05) is 11.9 Å². The molecule has 1 saturated carbocycles. The average Bonchev–Trinajstić information content (AvgIpc) is 2.98. The van der Waals surface area contributed by atoms with E-state index in [1.165, 1.54) is 4.90 Å². The SMILES string of the molecule is Cc1ccc(N(C)C(=O)c2ccc3c(c2)C(=O)N(C2CCCCC2)C3=O)cc1. The number of benzene rings is 2. The predicted molar refractivity (Wildman–Crippen MR) is 108 cm³/mol. The zero-order valence-electron chi connectivity index (χ0n) is 16.3. The van der Waals surface area contributed by atoms with E-state index in [-0.39, 0.29) is 23.8 Å². The molecule has 2 aromatic carbocycles. The summed E-state index contributed by atoms with van der Waals surface area (Å²) in [5.74, 6) is -0.694. The molecule has 0 N–H and O–H groups in total. The molecule has 28 heavy (non-hydrogen) atoms. The molecule has 0 atom stereocenters. The molecule has 0 spiro atoms. The number of imide groups is 1. The first-order valence-electron chi connectivity index (χ1n) is 9.84. The molecule has 144 valence electrons. The van der Waals surface area contributed by atoms with E-state index in [1.807, 2.05) is 31.2 Å². The lowest BCUT2D eigenvalue weighted by Crippen LogP contribution is -2.40. The molecule has 4 rings (SSSR count). The first kappa shape index (κ1) is 18.4. The number of carbonyl (C=O) groups is 3. The Bertz CT molecular complexity index is 943. The van der Waals surface area contributed by atoms with Crippen LogP contribution >= 0.6 is 0 Å². The standard InChI is InChI=1S/C23H24N2O3/c1-15-8-11-17(12-9-15)24(2)21(26)16-10-13-19-20(14-16)23(28)25(22(19)27)18-6-4-3-5-7-18/h8-14,18H,3-7H2,1-2H3. The van der Waals surface area contributed by atoms with Crippen molar-refractivity contribution < 1.29 is 14.4 Å². The van der Waals surface area contributed by atoms with Crippen LogP contribution in [0.15, 0.2) is 42.5 Å². The maximum atomic E-state index is 12.9. The van der Waals surface area contributed by atoms with Crippen LogP contribution in [0, 0.1) is 6.92 Å². The topological polar surface area (TPSA) is 57.7 Å². The van der Waals surface area contributed by atoms with Gasteiger partial charge in [-0.3, -0.25) is 19.3 Å². The fourth-order valence-electron chi connectivity index (χ4n) is 4.14. The highest BCUT2D eigenvalue weighted by Gasteiger charge is 2.40. The van der Waals surface area contributed by atoms with E-state index in [1.54, 1.807) is 30.1 Å². The van der Waals surface area contributed by atoms with Gasteiger partial charge < -0.3 is 4.90 Å². The normalized spacial score (nSPS) is 17.0. The van der Waals surface area contributed by atoms with Gasteiger partial charge in [0.05, 0.1) is 11.1 Å². The van der Waals surface area contributed by atoms with Gasteiger partial charge in [-0.25, -0.2) is 0 Å². The highest BCUT2D eigenvalue weighted by Crippen LogP contribution is 2.31. The second-order valence-corrected chi connectivity index (χ2v) is 7.73. The average molecular weight is 376 g/mol. The van der Waals surface area contributed by atoms with Crippen molar-refractivity contribution in [3.8, 4) is 0 Å². The van der Waals surface area contributed by atoms with Gasteiger partial charge in [-0.1, -0.05) is 37.0 Å². The minimum absolute atomic E-state index is 0.0180. The van der Waals surface area contributed by atoms with E-state index in [0.717, 1.165) is 43.4 Å². The third-order valence-electron chi connectivity index (χ3n) is 5.83. The number of rotatable bonds is 3. The minimum Gasteiger partial charge on any atom is -0.311 e. The molecule has 1 aliphatic carbocycles. The van der Waals surface area contributed by atoms with Gasteiger partial charge in [-0.15, -0.1) is 0 Å². The molecule has 2 aromatic rings. The second-order valence-electron chi connectivity index (χ2n) is 7.73. The molecule has 2 aliphatic rings. The lowest BCUT2D eigenvalue weighted by Gasteiger charge is -2.29. The quantitative estimate of drug-likeness (QED) is 0.755. The van der Waals surface area contributed by atoms with Crippen molar-refractivity contribution >= 4 is 23.4 Å². The molecule has 0 radical (unpaired) electrons. The Morgan fingerprint density at radius 3 is 2.25 bits per heavy atom. The third-order valence-corrected chi connectivity index (χ3v) is 5.83. The van der Waals surface area contributed by atoms with Crippen LogP contribution in [0.3, 0.4) is 0 Å². The Kier molecular flexibility index (Phi) is 4.75. The molecule has 1 fully saturated rings. The summed E-state index contributed by atoms with van der Waals surface area (Å²) in [6.45, 7) is 1.99. The zero-order chi connectivity index (χ0) is 19.8. The van der Waals surface area contributed by atoms with Gasteiger partial charge in [0.1, 0.15) is 0 Å². The molecule has 5 heteroatoms. The van der Waals surface area contributed by atoms with Crippen molar-refractivity contribution in [2.45, 2.75) is 45.1 Å². The molecule has 5 nitrogen and oxygen atoms in total. The van der Waals surface area contributed by atoms with E-state index in [4.69, 9.17) is 0 Å². The van der Waals surface area contributed by atoms with Crippen molar-refractivity contribution in [1.82, 2.24) is 4.90 Å². The van der Waals surface area contributed by atoms with Crippen LogP contribution in [0.4, 0.5) is 5.69 Å². The molecular weight excluding hydrogens is 352 g/mol. The van der Waals surface area contributed by atoms with E-state index >= 15 is 0 Å². The van der Waals surface area contributed by atoms with Crippen LogP contribution in [-0.2, 0) is 0 Å². The molecule has 1 aliphatic heterocycles. The summed E-state index contributed by atoms with van der Waals surface area (Å²) in [6.07, 6.45) is 4.98. The van der Waals surface area contributed by atoms with Crippen molar-refractivity contribution in [3.05, 3.63) is 64.7 Å². The fraction of sp³-hybridized carbons (Fsp3) is 0.348. The molecule has 0 saturated heterocycles. The number of hydrogen-bond acceptors (Lipinski definition) is 3. The summed E-state index contributed by atoms with van der Waals surface area (Å²) >= 11 is 0. The second kappa shape index (κ2) is 7.23. The van der Waals surface area contributed by atoms with Crippen LogP contribution in [0.5, 0.6) is 0 Å². The van der Waals surface area contributed by atoms with Crippen LogP contribution in [-0.4, -0.2) is 35.7 Å². The molecular formula is C23H24N2O3. The van der Waals surface area contributed by atoms with Crippen LogP contribution in [0.1, 0.15) is 68.7 Å². The van der Waals surface area contributed by atoms with Gasteiger partial charge in [-0.05, 0) is 50.1 Å². The molecule has 1 heterocycles. The van der Waals surface area contributed by atoms with E-state index in [2.05, 4.69) is 0 Å². The van der Waals surface area contributed by atoms with E-state index in [9.17, 15) is 14.4 Å².